The van der Waals surface area contributed by atoms with E-state index < -0.39 is 42.4 Å². The smallest absolute Gasteiger partial charge is 0.408 e. The Kier molecular flexibility index (Phi) is 8.07. The zero-order valence-electron chi connectivity index (χ0n) is 13.7. The molecule has 0 bridgehead atoms. The minimum absolute atomic E-state index is 0.0479. The Hall–Kier alpha value is -2.94. The molecule has 0 spiro atoms. The SMILES string of the molecule is CCC(N)C(=O)NC(=O)[C@H](CC(=O)O)NC(=O)OCc1ccccc1. The van der Waals surface area contributed by atoms with Crippen molar-refractivity contribution in [2.75, 3.05) is 0 Å². The Morgan fingerprint density at radius 2 is 1.80 bits per heavy atom. The van der Waals surface area contributed by atoms with Crippen LogP contribution in [0.3, 0.4) is 0 Å². The Morgan fingerprint density at radius 1 is 1.16 bits per heavy atom. The lowest BCUT2D eigenvalue weighted by atomic mass is 10.1. The highest BCUT2D eigenvalue weighted by Crippen LogP contribution is 2.02. The molecule has 0 saturated carbocycles. The van der Waals surface area contributed by atoms with Gasteiger partial charge in [0, 0.05) is 0 Å². The minimum Gasteiger partial charge on any atom is -0.481 e. The van der Waals surface area contributed by atoms with Crippen molar-refractivity contribution in [3.63, 3.8) is 0 Å². The first-order chi connectivity index (χ1) is 11.8. The molecule has 1 unspecified atom stereocenters. The maximum absolute atomic E-state index is 12.0. The van der Waals surface area contributed by atoms with Gasteiger partial charge in [0.2, 0.25) is 11.8 Å². The van der Waals surface area contributed by atoms with Gasteiger partial charge in [0.25, 0.3) is 0 Å². The topological polar surface area (TPSA) is 148 Å². The van der Waals surface area contributed by atoms with Crippen molar-refractivity contribution < 1.29 is 29.0 Å². The number of rotatable bonds is 8. The number of carboxylic acids is 1. The van der Waals surface area contributed by atoms with Crippen molar-refractivity contribution in [3.8, 4) is 0 Å². The number of carbonyl (C=O) groups excluding carboxylic acids is 3. The molecule has 1 aromatic carbocycles. The number of hydrogen-bond donors (Lipinski definition) is 4. The molecule has 1 rings (SSSR count). The number of imide groups is 1. The van der Waals surface area contributed by atoms with Crippen molar-refractivity contribution in [3.05, 3.63) is 35.9 Å². The first-order valence-corrected chi connectivity index (χ1v) is 7.62. The van der Waals surface area contributed by atoms with Crippen LogP contribution in [0.4, 0.5) is 4.79 Å². The molecule has 136 valence electrons. The molecule has 9 nitrogen and oxygen atoms in total. The van der Waals surface area contributed by atoms with Crippen molar-refractivity contribution in [2.24, 2.45) is 5.73 Å². The van der Waals surface area contributed by atoms with E-state index in [4.69, 9.17) is 15.6 Å². The average Bonchev–Trinajstić information content (AvgIpc) is 2.59. The standard InChI is InChI=1S/C16H21N3O6/c1-2-11(17)14(22)19-15(23)12(8-13(20)21)18-16(24)25-9-10-6-4-3-5-7-10/h3-7,11-12H,2,8-9,17H2,1H3,(H,18,24)(H,20,21)(H,19,22,23)/t11?,12-/m0/s1. The third-order valence-electron chi connectivity index (χ3n) is 3.22. The second kappa shape index (κ2) is 10.0. The molecular weight excluding hydrogens is 330 g/mol. The van der Waals surface area contributed by atoms with Crippen LogP contribution in [-0.2, 0) is 25.7 Å². The van der Waals surface area contributed by atoms with Crippen LogP contribution >= 0.6 is 0 Å². The second-order valence-corrected chi connectivity index (χ2v) is 5.22. The average molecular weight is 351 g/mol. The predicted molar refractivity (Wildman–Crippen MR) is 87.2 cm³/mol. The number of carboxylic acid groups (broad SMARTS) is 1. The molecule has 2 atom stereocenters. The lowest BCUT2D eigenvalue weighted by molar-refractivity contribution is -0.141. The molecule has 0 aliphatic carbocycles. The first-order valence-electron chi connectivity index (χ1n) is 7.62. The van der Waals surface area contributed by atoms with Gasteiger partial charge in [0.05, 0.1) is 12.5 Å². The van der Waals surface area contributed by atoms with Gasteiger partial charge in [0.15, 0.2) is 0 Å². The third kappa shape index (κ3) is 7.44. The van der Waals surface area contributed by atoms with Gasteiger partial charge < -0.3 is 20.9 Å². The summed E-state index contributed by atoms with van der Waals surface area (Å²) < 4.78 is 4.93. The van der Waals surface area contributed by atoms with E-state index in [1.54, 1.807) is 37.3 Å². The van der Waals surface area contributed by atoms with Gasteiger partial charge in [-0.2, -0.15) is 0 Å². The van der Waals surface area contributed by atoms with E-state index in [1.807, 2.05) is 5.32 Å². The van der Waals surface area contributed by atoms with E-state index in [9.17, 15) is 19.2 Å². The molecular formula is C16H21N3O6. The maximum Gasteiger partial charge on any atom is 0.408 e. The molecule has 0 aliphatic heterocycles. The predicted octanol–water partition coefficient (Wildman–Crippen LogP) is 0.136. The van der Waals surface area contributed by atoms with Gasteiger partial charge in [-0.25, -0.2) is 4.79 Å². The van der Waals surface area contributed by atoms with Gasteiger partial charge >= 0.3 is 12.1 Å². The Balaban J connectivity index is 2.62. The number of benzene rings is 1. The summed E-state index contributed by atoms with van der Waals surface area (Å²) in [5, 5.41) is 13.0. The Labute approximate surface area is 144 Å². The quantitative estimate of drug-likeness (QED) is 0.520. The Bertz CT molecular complexity index is 620. The summed E-state index contributed by atoms with van der Waals surface area (Å²) in [6.07, 6.45) is -1.38. The van der Waals surface area contributed by atoms with Crippen molar-refractivity contribution >= 4 is 23.9 Å². The number of hydrogen-bond acceptors (Lipinski definition) is 6. The van der Waals surface area contributed by atoms with Gasteiger partial charge in [-0.05, 0) is 12.0 Å². The van der Waals surface area contributed by atoms with Crippen LogP contribution in [0, 0.1) is 0 Å². The van der Waals surface area contributed by atoms with Crippen LogP contribution in [0.15, 0.2) is 30.3 Å². The summed E-state index contributed by atoms with van der Waals surface area (Å²) in [5.74, 6) is -3.04. The zero-order valence-corrected chi connectivity index (χ0v) is 13.7. The highest BCUT2D eigenvalue weighted by atomic mass is 16.5. The van der Waals surface area contributed by atoms with Gasteiger partial charge in [-0.1, -0.05) is 37.3 Å². The molecule has 0 saturated heterocycles. The first kappa shape index (κ1) is 20.1. The van der Waals surface area contributed by atoms with E-state index >= 15 is 0 Å². The molecule has 5 N–H and O–H groups in total. The van der Waals surface area contributed by atoms with E-state index in [0.29, 0.717) is 6.42 Å². The van der Waals surface area contributed by atoms with Crippen molar-refractivity contribution in [1.29, 1.82) is 0 Å². The van der Waals surface area contributed by atoms with Crippen molar-refractivity contribution in [1.82, 2.24) is 10.6 Å². The number of nitrogens with one attached hydrogen (secondary N) is 2. The minimum atomic E-state index is -1.46. The van der Waals surface area contributed by atoms with E-state index in [-0.39, 0.29) is 6.61 Å². The third-order valence-corrected chi connectivity index (χ3v) is 3.22. The summed E-state index contributed by atoms with van der Waals surface area (Å²) in [5.41, 5.74) is 6.21. The van der Waals surface area contributed by atoms with Gasteiger partial charge in [-0.3, -0.25) is 19.7 Å². The number of carbonyl (C=O) groups is 4. The van der Waals surface area contributed by atoms with Crippen LogP contribution < -0.4 is 16.4 Å². The molecule has 0 heterocycles. The number of ether oxygens (including phenoxy) is 1. The summed E-state index contributed by atoms with van der Waals surface area (Å²) in [4.78, 5) is 46.3. The molecule has 0 radical (unpaired) electrons. The molecule has 0 aromatic heterocycles. The number of nitrogens with two attached hydrogens (primary N) is 1. The second-order valence-electron chi connectivity index (χ2n) is 5.22. The molecule has 0 aliphatic rings. The van der Waals surface area contributed by atoms with Gasteiger partial charge in [-0.15, -0.1) is 0 Å². The van der Waals surface area contributed by atoms with E-state index in [2.05, 4.69) is 5.32 Å². The monoisotopic (exact) mass is 351 g/mol. The maximum atomic E-state index is 12.0. The number of aliphatic carboxylic acids is 1. The normalized spacial score (nSPS) is 12.6. The van der Waals surface area contributed by atoms with Crippen LogP contribution in [0.5, 0.6) is 0 Å². The fourth-order valence-corrected chi connectivity index (χ4v) is 1.78. The van der Waals surface area contributed by atoms with Crippen LogP contribution in [0.2, 0.25) is 0 Å². The molecule has 3 amide bonds. The van der Waals surface area contributed by atoms with Crippen LogP contribution in [0.1, 0.15) is 25.3 Å². The summed E-state index contributed by atoms with van der Waals surface area (Å²) in [6.45, 7) is 1.61. The van der Waals surface area contributed by atoms with Crippen molar-refractivity contribution in [2.45, 2.75) is 38.5 Å². The highest BCUT2D eigenvalue weighted by Gasteiger charge is 2.27. The fraction of sp³-hybridized carbons (Fsp3) is 0.375. The van der Waals surface area contributed by atoms with E-state index in [0.717, 1.165) is 5.56 Å². The summed E-state index contributed by atoms with van der Waals surface area (Å²) >= 11 is 0. The molecule has 25 heavy (non-hydrogen) atoms. The lowest BCUT2D eigenvalue weighted by Crippen LogP contribution is -2.52. The Morgan fingerprint density at radius 3 is 2.36 bits per heavy atom. The number of alkyl carbamates (subject to hydrolysis) is 1. The van der Waals surface area contributed by atoms with E-state index in [1.165, 1.54) is 0 Å². The van der Waals surface area contributed by atoms with Gasteiger partial charge in [0.1, 0.15) is 12.6 Å². The fourth-order valence-electron chi connectivity index (χ4n) is 1.78. The van der Waals surface area contributed by atoms with Crippen LogP contribution in [-0.4, -0.2) is 41.1 Å². The highest BCUT2D eigenvalue weighted by molar-refractivity contribution is 6.01. The largest absolute Gasteiger partial charge is 0.481 e. The zero-order chi connectivity index (χ0) is 18.8. The summed E-state index contributed by atoms with van der Waals surface area (Å²) in [7, 11) is 0. The lowest BCUT2D eigenvalue weighted by Gasteiger charge is -2.17. The van der Waals surface area contributed by atoms with Crippen LogP contribution in [0.25, 0.3) is 0 Å². The number of amides is 3. The molecule has 9 heteroatoms. The molecule has 1 aromatic rings. The molecule has 0 fully saturated rings. The summed E-state index contributed by atoms with van der Waals surface area (Å²) in [6, 6.07) is 6.43.